The van der Waals surface area contributed by atoms with E-state index in [1.807, 2.05) is 4.90 Å². The van der Waals surface area contributed by atoms with Gasteiger partial charge in [0.05, 0.1) is 12.7 Å². The summed E-state index contributed by atoms with van der Waals surface area (Å²) in [7, 11) is 0. The highest BCUT2D eigenvalue weighted by Gasteiger charge is 2.23. The third-order valence-corrected chi connectivity index (χ3v) is 2.67. The largest absolute Gasteiger partial charge is 0.394 e. The number of β-amino-alcohol motifs (C(OH)–C–C–N with tert-alkyl or cyclic N) is 1. The molecule has 0 radical (unpaired) electrons. The average Bonchev–Trinajstić information content (AvgIpc) is 2.18. The van der Waals surface area contributed by atoms with Crippen LogP contribution in [0.5, 0.6) is 0 Å². The molecule has 1 aliphatic rings. The summed E-state index contributed by atoms with van der Waals surface area (Å²) in [4.78, 5) is 12.9. The predicted molar refractivity (Wildman–Crippen MR) is 51.5 cm³/mol. The van der Waals surface area contributed by atoms with Gasteiger partial charge in [0.25, 0.3) is 0 Å². The lowest BCUT2D eigenvalue weighted by atomic mass is 9.96. The lowest BCUT2D eigenvalue weighted by molar-refractivity contribution is -0.123. The molecule has 0 spiro atoms. The molecule has 1 amide bonds. The highest BCUT2D eigenvalue weighted by Crippen LogP contribution is 2.16. The van der Waals surface area contributed by atoms with Crippen molar-refractivity contribution < 1.29 is 15.0 Å². The summed E-state index contributed by atoms with van der Waals surface area (Å²) >= 11 is 0. The van der Waals surface area contributed by atoms with Crippen LogP contribution in [0.1, 0.15) is 12.8 Å². The Morgan fingerprint density at radius 1 is 1.50 bits per heavy atom. The highest BCUT2D eigenvalue weighted by atomic mass is 16.3. The van der Waals surface area contributed by atoms with Crippen LogP contribution in [-0.4, -0.2) is 53.4 Å². The Labute approximate surface area is 83.5 Å². The summed E-state index contributed by atoms with van der Waals surface area (Å²) in [6.45, 7) is 1.80. The first-order valence-electron chi connectivity index (χ1n) is 4.94. The van der Waals surface area contributed by atoms with Crippen molar-refractivity contribution in [3.8, 4) is 0 Å². The monoisotopic (exact) mass is 202 g/mol. The third kappa shape index (κ3) is 3.25. The lowest BCUT2D eigenvalue weighted by Gasteiger charge is -2.31. The molecule has 1 heterocycles. The fourth-order valence-corrected chi connectivity index (χ4v) is 1.76. The molecular formula is C9H18N2O3. The second-order valence-corrected chi connectivity index (χ2v) is 3.81. The van der Waals surface area contributed by atoms with Crippen LogP contribution in [0.15, 0.2) is 0 Å². The topological polar surface area (TPSA) is 86.8 Å². The summed E-state index contributed by atoms with van der Waals surface area (Å²) in [5, 5.41) is 17.9. The summed E-state index contributed by atoms with van der Waals surface area (Å²) in [5.74, 6) is -0.245. The van der Waals surface area contributed by atoms with Gasteiger partial charge in [0.1, 0.15) is 0 Å². The van der Waals surface area contributed by atoms with Gasteiger partial charge < -0.3 is 20.8 Å². The summed E-state index contributed by atoms with van der Waals surface area (Å²) in [6.07, 6.45) is 0.834. The fourth-order valence-electron chi connectivity index (χ4n) is 1.76. The smallest absolute Gasteiger partial charge is 0.220 e. The van der Waals surface area contributed by atoms with Crippen molar-refractivity contribution in [2.45, 2.75) is 18.9 Å². The minimum Gasteiger partial charge on any atom is -0.394 e. The minimum atomic E-state index is -0.680. The molecule has 1 saturated heterocycles. The molecular weight excluding hydrogens is 184 g/mol. The maximum Gasteiger partial charge on any atom is 0.220 e. The number of aliphatic hydroxyl groups excluding tert-OH is 2. The van der Waals surface area contributed by atoms with E-state index in [9.17, 15) is 9.90 Å². The molecule has 5 nitrogen and oxygen atoms in total. The predicted octanol–water partition coefficient (Wildman–Crippen LogP) is -1.46. The van der Waals surface area contributed by atoms with Gasteiger partial charge in [-0.3, -0.25) is 4.79 Å². The molecule has 82 valence electrons. The molecule has 1 atom stereocenters. The van der Waals surface area contributed by atoms with Crippen molar-refractivity contribution in [3.05, 3.63) is 0 Å². The van der Waals surface area contributed by atoms with Crippen molar-refractivity contribution in [1.29, 1.82) is 0 Å². The number of carbonyl (C=O) groups excluding carboxylic acids is 1. The van der Waals surface area contributed by atoms with Crippen LogP contribution in [0, 0.1) is 5.92 Å². The van der Waals surface area contributed by atoms with Gasteiger partial charge in [-0.2, -0.15) is 0 Å². The van der Waals surface area contributed by atoms with Crippen molar-refractivity contribution in [2.75, 3.05) is 26.2 Å². The molecule has 1 unspecified atom stereocenters. The zero-order valence-corrected chi connectivity index (χ0v) is 8.22. The maximum atomic E-state index is 10.9. The number of nitrogens with zero attached hydrogens (tertiary/aromatic N) is 1. The molecule has 1 rings (SSSR count). The second-order valence-electron chi connectivity index (χ2n) is 3.81. The molecule has 1 aliphatic heterocycles. The number of amides is 1. The van der Waals surface area contributed by atoms with Gasteiger partial charge in [0.2, 0.25) is 5.91 Å². The molecule has 5 heteroatoms. The van der Waals surface area contributed by atoms with Crippen LogP contribution >= 0.6 is 0 Å². The van der Waals surface area contributed by atoms with Crippen molar-refractivity contribution in [2.24, 2.45) is 11.7 Å². The molecule has 0 saturated carbocycles. The molecule has 0 aromatic carbocycles. The number of hydrogen-bond acceptors (Lipinski definition) is 4. The van der Waals surface area contributed by atoms with Crippen LogP contribution in [-0.2, 0) is 4.79 Å². The minimum absolute atomic E-state index is 0.0162. The first-order chi connectivity index (χ1) is 6.63. The van der Waals surface area contributed by atoms with E-state index < -0.39 is 6.10 Å². The van der Waals surface area contributed by atoms with E-state index in [-0.39, 0.29) is 18.4 Å². The van der Waals surface area contributed by atoms with E-state index >= 15 is 0 Å². The van der Waals surface area contributed by atoms with E-state index in [4.69, 9.17) is 10.8 Å². The van der Waals surface area contributed by atoms with Gasteiger partial charge in [-0.25, -0.2) is 0 Å². The molecule has 0 bridgehead atoms. The van der Waals surface area contributed by atoms with Gasteiger partial charge >= 0.3 is 0 Å². The van der Waals surface area contributed by atoms with Crippen LogP contribution in [0.2, 0.25) is 0 Å². The first-order valence-corrected chi connectivity index (χ1v) is 4.94. The Morgan fingerprint density at radius 3 is 2.50 bits per heavy atom. The van der Waals surface area contributed by atoms with Gasteiger partial charge in [-0.1, -0.05) is 0 Å². The number of rotatable bonds is 4. The van der Waals surface area contributed by atoms with E-state index in [0.29, 0.717) is 6.54 Å². The standard InChI is InChI=1S/C9H18N2O3/c10-9(14)7-1-3-11(4-2-7)5-8(13)6-12/h7-8,12-13H,1-6H2,(H2,10,14). The zero-order chi connectivity index (χ0) is 10.6. The molecule has 0 aromatic heterocycles. The third-order valence-electron chi connectivity index (χ3n) is 2.67. The maximum absolute atomic E-state index is 10.9. The van der Waals surface area contributed by atoms with Crippen molar-refractivity contribution in [1.82, 2.24) is 4.90 Å². The molecule has 4 N–H and O–H groups in total. The first kappa shape index (κ1) is 11.4. The molecule has 0 aromatic rings. The van der Waals surface area contributed by atoms with Crippen molar-refractivity contribution in [3.63, 3.8) is 0 Å². The second kappa shape index (κ2) is 5.29. The summed E-state index contributed by atoms with van der Waals surface area (Å²) in [6, 6.07) is 0. The highest BCUT2D eigenvalue weighted by molar-refractivity contribution is 5.76. The number of likely N-dealkylation sites (tertiary alicyclic amines) is 1. The van der Waals surface area contributed by atoms with E-state index in [0.717, 1.165) is 25.9 Å². The van der Waals surface area contributed by atoms with Crippen molar-refractivity contribution >= 4 is 5.91 Å². The molecule has 0 aliphatic carbocycles. The number of aliphatic hydroxyl groups is 2. The SMILES string of the molecule is NC(=O)C1CCN(CC(O)CO)CC1. The number of hydrogen-bond donors (Lipinski definition) is 3. The van der Waals surface area contributed by atoms with E-state index in [1.54, 1.807) is 0 Å². The zero-order valence-electron chi connectivity index (χ0n) is 8.22. The molecule has 1 fully saturated rings. The van der Waals surface area contributed by atoms with E-state index in [1.165, 1.54) is 0 Å². The van der Waals surface area contributed by atoms with Crippen LogP contribution in [0.4, 0.5) is 0 Å². The Kier molecular flexibility index (Phi) is 4.31. The Bertz CT molecular complexity index is 190. The normalized spacial score (nSPS) is 22.1. The Morgan fingerprint density at radius 2 is 2.07 bits per heavy atom. The van der Waals surface area contributed by atoms with Gasteiger partial charge in [-0.05, 0) is 25.9 Å². The summed E-state index contributed by atoms with van der Waals surface area (Å²) < 4.78 is 0. The lowest BCUT2D eigenvalue weighted by Crippen LogP contribution is -2.42. The van der Waals surface area contributed by atoms with Crippen LogP contribution in [0.3, 0.4) is 0 Å². The Hall–Kier alpha value is -0.650. The molecule has 14 heavy (non-hydrogen) atoms. The summed E-state index contributed by atoms with van der Waals surface area (Å²) in [5.41, 5.74) is 5.19. The van der Waals surface area contributed by atoms with Gasteiger partial charge in [0, 0.05) is 12.5 Å². The average molecular weight is 202 g/mol. The number of nitrogens with two attached hydrogens (primary N) is 1. The van der Waals surface area contributed by atoms with Gasteiger partial charge in [0.15, 0.2) is 0 Å². The van der Waals surface area contributed by atoms with Crippen LogP contribution in [0.25, 0.3) is 0 Å². The number of carbonyl (C=O) groups is 1. The Balaban J connectivity index is 2.25. The van der Waals surface area contributed by atoms with Gasteiger partial charge in [-0.15, -0.1) is 0 Å². The van der Waals surface area contributed by atoms with Crippen LogP contribution < -0.4 is 5.73 Å². The fraction of sp³-hybridized carbons (Fsp3) is 0.889. The quantitative estimate of drug-likeness (QED) is 0.520. The number of primary amides is 1. The van der Waals surface area contributed by atoms with E-state index in [2.05, 4.69) is 0 Å². The number of piperidine rings is 1.